The van der Waals surface area contributed by atoms with Crippen molar-refractivity contribution in [2.75, 3.05) is 13.7 Å². The van der Waals surface area contributed by atoms with Crippen molar-refractivity contribution in [1.82, 2.24) is 4.90 Å². The molecule has 0 aromatic heterocycles. The topological polar surface area (TPSA) is 38.8 Å². The van der Waals surface area contributed by atoms with Gasteiger partial charge >= 0.3 is 6.09 Å². The first kappa shape index (κ1) is 15.6. The largest absolute Gasteiger partial charge is 0.445 e. The molecule has 2 aromatic rings. The molecule has 1 fully saturated rings. The van der Waals surface area contributed by atoms with Gasteiger partial charge in [-0.1, -0.05) is 60.7 Å². The number of methoxy groups -OCH3 is 1. The van der Waals surface area contributed by atoms with Gasteiger partial charge < -0.3 is 9.47 Å². The first-order valence-corrected chi connectivity index (χ1v) is 7.82. The van der Waals surface area contributed by atoms with Crippen molar-refractivity contribution in [3.8, 4) is 0 Å². The molecule has 2 aromatic carbocycles. The van der Waals surface area contributed by atoms with E-state index in [4.69, 9.17) is 9.47 Å². The lowest BCUT2D eigenvalue weighted by atomic mass is 9.93. The van der Waals surface area contributed by atoms with E-state index in [2.05, 4.69) is 12.1 Å². The molecule has 3 rings (SSSR count). The highest BCUT2D eigenvalue weighted by Gasteiger charge is 2.42. The third-order valence-corrected chi connectivity index (χ3v) is 4.24. The minimum atomic E-state index is -0.275. The van der Waals surface area contributed by atoms with Gasteiger partial charge in [-0.15, -0.1) is 0 Å². The van der Waals surface area contributed by atoms with Gasteiger partial charge in [-0.3, -0.25) is 4.90 Å². The van der Waals surface area contributed by atoms with Crippen molar-refractivity contribution in [2.24, 2.45) is 0 Å². The Balaban J connectivity index is 1.58. The number of carbonyl (C=O) groups excluding carboxylic acids is 1. The molecule has 4 heteroatoms. The van der Waals surface area contributed by atoms with Crippen molar-refractivity contribution in [3.63, 3.8) is 0 Å². The second-order valence-electron chi connectivity index (χ2n) is 5.72. The van der Waals surface area contributed by atoms with E-state index in [1.807, 2.05) is 48.5 Å². The molecule has 0 spiro atoms. The fraction of sp³-hybridized carbons (Fsp3) is 0.316. The van der Waals surface area contributed by atoms with E-state index >= 15 is 0 Å². The van der Waals surface area contributed by atoms with Crippen LogP contribution in [-0.4, -0.2) is 36.8 Å². The van der Waals surface area contributed by atoms with E-state index in [0.717, 1.165) is 12.0 Å². The Labute approximate surface area is 136 Å². The minimum absolute atomic E-state index is 0.0330. The summed E-state index contributed by atoms with van der Waals surface area (Å²) in [5.74, 6) is 0. The van der Waals surface area contributed by atoms with E-state index in [1.54, 1.807) is 12.0 Å². The predicted octanol–water partition coefficient (Wildman–Crippen LogP) is 3.27. The highest BCUT2D eigenvalue weighted by molar-refractivity contribution is 5.69. The molecule has 0 radical (unpaired) electrons. The molecule has 0 saturated carbocycles. The first-order chi connectivity index (χ1) is 11.3. The maximum absolute atomic E-state index is 12.3. The monoisotopic (exact) mass is 311 g/mol. The summed E-state index contributed by atoms with van der Waals surface area (Å²) in [6.07, 6.45) is 0.572. The average molecular weight is 311 g/mol. The molecule has 23 heavy (non-hydrogen) atoms. The summed E-state index contributed by atoms with van der Waals surface area (Å²) in [5, 5.41) is 0. The summed E-state index contributed by atoms with van der Waals surface area (Å²) in [6.45, 7) is 0.882. The third-order valence-electron chi connectivity index (χ3n) is 4.24. The molecule has 120 valence electrons. The van der Waals surface area contributed by atoms with E-state index in [0.29, 0.717) is 13.2 Å². The van der Waals surface area contributed by atoms with E-state index in [9.17, 15) is 4.79 Å². The van der Waals surface area contributed by atoms with Crippen LogP contribution in [0.4, 0.5) is 4.79 Å². The molecule has 1 heterocycles. The molecule has 1 aliphatic rings. The number of nitrogens with zero attached hydrogens (tertiary/aromatic N) is 1. The van der Waals surface area contributed by atoms with Gasteiger partial charge in [0, 0.05) is 7.11 Å². The first-order valence-electron chi connectivity index (χ1n) is 7.82. The molecule has 4 nitrogen and oxygen atoms in total. The van der Waals surface area contributed by atoms with Crippen LogP contribution in [0.1, 0.15) is 11.1 Å². The normalized spacial score (nSPS) is 20.0. The molecule has 1 amide bonds. The van der Waals surface area contributed by atoms with Crippen molar-refractivity contribution in [2.45, 2.75) is 25.2 Å². The van der Waals surface area contributed by atoms with Gasteiger partial charge in [-0.05, 0) is 17.5 Å². The Morgan fingerprint density at radius 1 is 1.04 bits per heavy atom. The van der Waals surface area contributed by atoms with Gasteiger partial charge in [0.2, 0.25) is 0 Å². The number of rotatable bonds is 5. The highest BCUT2D eigenvalue weighted by Crippen LogP contribution is 2.25. The summed E-state index contributed by atoms with van der Waals surface area (Å²) in [5.41, 5.74) is 2.18. The molecule has 1 saturated heterocycles. The van der Waals surface area contributed by atoms with Gasteiger partial charge in [0.25, 0.3) is 0 Å². The molecule has 0 aliphatic carbocycles. The molecular formula is C19H21NO3. The van der Waals surface area contributed by atoms with Gasteiger partial charge in [-0.25, -0.2) is 4.79 Å². The number of ether oxygens (including phenoxy) is 2. The zero-order chi connectivity index (χ0) is 16.1. The third kappa shape index (κ3) is 3.71. The van der Waals surface area contributed by atoms with Crippen molar-refractivity contribution < 1.29 is 14.3 Å². The Kier molecular flexibility index (Phi) is 4.93. The van der Waals surface area contributed by atoms with Crippen LogP contribution in [0.15, 0.2) is 60.7 Å². The quantitative estimate of drug-likeness (QED) is 0.851. The second kappa shape index (κ2) is 7.29. The van der Waals surface area contributed by atoms with Crippen molar-refractivity contribution in [3.05, 3.63) is 71.8 Å². The molecule has 1 unspecified atom stereocenters. The fourth-order valence-corrected chi connectivity index (χ4v) is 2.85. The number of amides is 1. The molecule has 0 bridgehead atoms. The predicted molar refractivity (Wildman–Crippen MR) is 88.1 cm³/mol. The van der Waals surface area contributed by atoms with Crippen LogP contribution in [0.2, 0.25) is 0 Å². The van der Waals surface area contributed by atoms with Crippen LogP contribution in [-0.2, 0) is 22.5 Å². The smallest absolute Gasteiger partial charge is 0.410 e. The highest BCUT2D eigenvalue weighted by atomic mass is 16.6. The number of hydrogen-bond acceptors (Lipinski definition) is 3. The molecular weight excluding hydrogens is 290 g/mol. The van der Waals surface area contributed by atoms with E-state index < -0.39 is 0 Å². The van der Waals surface area contributed by atoms with Crippen LogP contribution in [0, 0.1) is 0 Å². The molecule has 2 atom stereocenters. The summed E-state index contributed by atoms with van der Waals surface area (Å²) in [6, 6.07) is 19.9. The Morgan fingerprint density at radius 3 is 2.26 bits per heavy atom. The lowest BCUT2D eigenvalue weighted by molar-refractivity contribution is -0.0760. The average Bonchev–Trinajstić information content (AvgIpc) is 2.59. The molecule has 0 N–H and O–H groups in total. The number of benzene rings is 2. The maximum Gasteiger partial charge on any atom is 0.410 e. The summed E-state index contributed by atoms with van der Waals surface area (Å²) in [7, 11) is 1.69. The Morgan fingerprint density at radius 2 is 1.65 bits per heavy atom. The van der Waals surface area contributed by atoms with Crippen LogP contribution in [0.3, 0.4) is 0 Å². The second-order valence-corrected chi connectivity index (χ2v) is 5.72. The molecule has 1 aliphatic heterocycles. The number of carbonyl (C=O) groups is 1. The maximum atomic E-state index is 12.3. The van der Waals surface area contributed by atoms with Crippen LogP contribution in [0.25, 0.3) is 0 Å². The van der Waals surface area contributed by atoms with Crippen molar-refractivity contribution >= 4 is 6.09 Å². The SMILES string of the molecule is COC1CN(C(=O)OCc2ccccc2)[C@@H]1Cc1ccccc1. The van der Waals surface area contributed by atoms with Crippen molar-refractivity contribution in [1.29, 1.82) is 0 Å². The van der Waals surface area contributed by atoms with Crippen LogP contribution < -0.4 is 0 Å². The summed E-state index contributed by atoms with van der Waals surface area (Å²) in [4.78, 5) is 14.1. The van der Waals surface area contributed by atoms with Gasteiger partial charge in [0.05, 0.1) is 18.7 Å². The summed E-state index contributed by atoms with van der Waals surface area (Å²) >= 11 is 0. The standard InChI is InChI=1S/C19H21NO3/c1-22-18-13-20(17(18)12-15-8-4-2-5-9-15)19(21)23-14-16-10-6-3-7-11-16/h2-11,17-18H,12-14H2,1H3/t17-,18?/m1/s1. The zero-order valence-electron chi connectivity index (χ0n) is 13.2. The fourth-order valence-electron chi connectivity index (χ4n) is 2.85. The van der Waals surface area contributed by atoms with E-state index in [-0.39, 0.29) is 18.2 Å². The van der Waals surface area contributed by atoms with Crippen LogP contribution >= 0.6 is 0 Å². The number of likely N-dealkylation sites (tertiary alicyclic amines) is 1. The van der Waals surface area contributed by atoms with Gasteiger partial charge in [0.15, 0.2) is 0 Å². The van der Waals surface area contributed by atoms with Gasteiger partial charge in [0.1, 0.15) is 6.61 Å². The minimum Gasteiger partial charge on any atom is -0.445 e. The summed E-state index contributed by atoms with van der Waals surface area (Å²) < 4.78 is 10.9. The number of hydrogen-bond donors (Lipinski definition) is 0. The Bertz CT molecular complexity index is 630. The Hall–Kier alpha value is -2.33. The van der Waals surface area contributed by atoms with E-state index in [1.165, 1.54) is 5.56 Å². The lowest BCUT2D eigenvalue weighted by Gasteiger charge is -2.46. The zero-order valence-corrected chi connectivity index (χ0v) is 13.2. The van der Waals surface area contributed by atoms with Crippen LogP contribution in [0.5, 0.6) is 0 Å². The lowest BCUT2D eigenvalue weighted by Crippen LogP contribution is -2.63. The van der Waals surface area contributed by atoms with Gasteiger partial charge in [-0.2, -0.15) is 0 Å².